The summed E-state index contributed by atoms with van der Waals surface area (Å²) in [5.74, 6) is 0. The van der Waals surface area contributed by atoms with Crippen molar-refractivity contribution in [2.45, 2.75) is 134 Å². The second-order valence-electron chi connectivity index (χ2n) is 8.60. The van der Waals surface area contributed by atoms with Crippen molar-refractivity contribution in [3.63, 3.8) is 0 Å². The number of hydrogen-bond acceptors (Lipinski definition) is 4. The van der Waals surface area contributed by atoms with Gasteiger partial charge in [0.25, 0.3) is 0 Å². The zero-order valence-electron chi connectivity index (χ0n) is 16.5. The van der Waals surface area contributed by atoms with Gasteiger partial charge >= 0.3 is 7.82 Å². The molecule has 0 N–H and O–H groups in total. The van der Waals surface area contributed by atoms with Crippen molar-refractivity contribution in [3.8, 4) is 0 Å². The van der Waals surface area contributed by atoms with Crippen molar-refractivity contribution < 1.29 is 18.1 Å². The molecule has 0 aromatic carbocycles. The molecule has 3 rings (SSSR count). The van der Waals surface area contributed by atoms with Crippen LogP contribution in [0.5, 0.6) is 0 Å². The van der Waals surface area contributed by atoms with E-state index >= 15 is 0 Å². The van der Waals surface area contributed by atoms with E-state index in [9.17, 15) is 4.57 Å². The van der Waals surface area contributed by atoms with Gasteiger partial charge in [0.1, 0.15) is 0 Å². The molecule has 0 aromatic rings. The minimum atomic E-state index is -3.48. The molecule has 3 fully saturated rings. The lowest BCUT2D eigenvalue weighted by molar-refractivity contribution is 0.0204. The molecule has 0 heterocycles. The molecule has 4 nitrogen and oxygen atoms in total. The van der Waals surface area contributed by atoms with E-state index in [1.807, 2.05) is 0 Å². The summed E-state index contributed by atoms with van der Waals surface area (Å²) in [5.41, 5.74) is 0. The highest BCUT2D eigenvalue weighted by Gasteiger charge is 2.37. The van der Waals surface area contributed by atoms with E-state index in [-0.39, 0.29) is 18.3 Å². The summed E-state index contributed by atoms with van der Waals surface area (Å²) in [6.07, 6.45) is 20.6. The van der Waals surface area contributed by atoms with Crippen LogP contribution in [0.4, 0.5) is 0 Å². The van der Waals surface area contributed by atoms with Crippen LogP contribution in [0, 0.1) is 0 Å². The number of rotatable bonds is 6. The fourth-order valence-electron chi connectivity index (χ4n) is 4.66. The van der Waals surface area contributed by atoms with Gasteiger partial charge in [-0.3, -0.25) is 13.6 Å². The van der Waals surface area contributed by atoms with Crippen LogP contribution >= 0.6 is 7.82 Å². The van der Waals surface area contributed by atoms with Gasteiger partial charge in [-0.1, -0.05) is 77.0 Å². The van der Waals surface area contributed by atoms with Crippen LogP contribution in [-0.2, 0) is 18.1 Å². The molecule has 0 radical (unpaired) electrons. The molecule has 0 atom stereocenters. The summed E-state index contributed by atoms with van der Waals surface area (Å²) >= 11 is 0. The monoisotopic (exact) mass is 386 g/mol. The van der Waals surface area contributed by atoms with Gasteiger partial charge in [-0.15, -0.1) is 0 Å². The average molecular weight is 387 g/mol. The van der Waals surface area contributed by atoms with E-state index in [2.05, 4.69) is 0 Å². The van der Waals surface area contributed by atoms with Gasteiger partial charge < -0.3 is 0 Å². The van der Waals surface area contributed by atoms with Crippen molar-refractivity contribution in [3.05, 3.63) is 0 Å². The topological polar surface area (TPSA) is 44.8 Å². The summed E-state index contributed by atoms with van der Waals surface area (Å²) < 4.78 is 32.2. The quantitative estimate of drug-likeness (QED) is 0.354. The van der Waals surface area contributed by atoms with Crippen molar-refractivity contribution in [1.82, 2.24) is 0 Å². The molecule has 0 bridgehead atoms. The molecule has 0 aromatic heterocycles. The average Bonchev–Trinajstić information content (AvgIpc) is 3.11. The largest absolute Gasteiger partial charge is 0.475 e. The second kappa shape index (κ2) is 11.2. The Kier molecular flexibility index (Phi) is 8.97. The zero-order chi connectivity index (χ0) is 18.1. The Morgan fingerprint density at radius 1 is 0.423 bits per heavy atom. The lowest BCUT2D eigenvalue weighted by atomic mass is 10.2. The Morgan fingerprint density at radius 2 is 0.654 bits per heavy atom. The molecule has 0 unspecified atom stereocenters. The molecular weight excluding hydrogens is 347 g/mol. The molecule has 3 aliphatic rings. The highest BCUT2D eigenvalue weighted by Crippen LogP contribution is 2.56. The first-order chi connectivity index (χ1) is 12.7. The summed E-state index contributed by atoms with van der Waals surface area (Å²) in [5, 5.41) is 0. The van der Waals surface area contributed by atoms with Crippen molar-refractivity contribution in [2.75, 3.05) is 0 Å². The standard InChI is InChI=1S/C21H39O4P/c22-26(23-19-13-7-1-2-8-14-19,24-20-15-9-3-4-10-16-20)25-21-17-11-5-6-12-18-21/h19-21H,1-18H2. The highest BCUT2D eigenvalue weighted by atomic mass is 31.2. The Hall–Kier alpha value is 0.110. The Balaban J connectivity index is 1.64. The number of hydrogen-bond donors (Lipinski definition) is 0. The molecule has 0 amide bonds. The van der Waals surface area contributed by atoms with Crippen LogP contribution < -0.4 is 0 Å². The molecule has 3 aliphatic carbocycles. The zero-order valence-corrected chi connectivity index (χ0v) is 17.4. The van der Waals surface area contributed by atoms with E-state index in [1.165, 1.54) is 38.5 Å². The predicted molar refractivity (Wildman–Crippen MR) is 105 cm³/mol. The maximum atomic E-state index is 13.7. The summed E-state index contributed by atoms with van der Waals surface area (Å²) in [6, 6.07) is 0. The third-order valence-electron chi connectivity index (χ3n) is 6.24. The van der Waals surface area contributed by atoms with Crippen LogP contribution in [0.3, 0.4) is 0 Å². The summed E-state index contributed by atoms with van der Waals surface area (Å²) in [4.78, 5) is 0. The smallest absolute Gasteiger partial charge is 0.284 e. The first kappa shape index (κ1) is 20.8. The maximum Gasteiger partial charge on any atom is 0.475 e. The van der Waals surface area contributed by atoms with Crippen LogP contribution in [0.25, 0.3) is 0 Å². The van der Waals surface area contributed by atoms with Gasteiger partial charge in [0.05, 0.1) is 18.3 Å². The van der Waals surface area contributed by atoms with Crippen LogP contribution in [0.1, 0.15) is 116 Å². The number of phosphoric acid groups is 1. The predicted octanol–water partition coefficient (Wildman–Crippen LogP) is 7.31. The summed E-state index contributed by atoms with van der Waals surface area (Å²) in [6.45, 7) is 0. The van der Waals surface area contributed by atoms with E-state index in [4.69, 9.17) is 13.6 Å². The van der Waals surface area contributed by atoms with Gasteiger partial charge in [-0.05, 0) is 38.5 Å². The van der Waals surface area contributed by atoms with Crippen LogP contribution in [-0.4, -0.2) is 18.3 Å². The third-order valence-corrected chi connectivity index (χ3v) is 7.91. The maximum absolute atomic E-state index is 13.7. The molecule has 0 saturated heterocycles. The minimum absolute atomic E-state index is 0.0416. The lowest BCUT2D eigenvalue weighted by Gasteiger charge is -2.29. The fraction of sp³-hybridized carbons (Fsp3) is 1.00. The van der Waals surface area contributed by atoms with Gasteiger partial charge in [0.2, 0.25) is 0 Å². The van der Waals surface area contributed by atoms with Crippen LogP contribution in [0.2, 0.25) is 0 Å². The number of phosphoric ester groups is 1. The van der Waals surface area contributed by atoms with E-state index < -0.39 is 7.82 Å². The Labute approximate surface area is 160 Å². The Morgan fingerprint density at radius 3 is 0.885 bits per heavy atom. The first-order valence-electron chi connectivity index (χ1n) is 11.4. The highest BCUT2D eigenvalue weighted by molar-refractivity contribution is 7.48. The molecule has 3 saturated carbocycles. The van der Waals surface area contributed by atoms with E-state index in [1.54, 1.807) is 0 Å². The SMILES string of the molecule is O=P(OC1CCCCCC1)(OC1CCCCCC1)OC1CCCCCC1. The lowest BCUT2D eigenvalue weighted by Crippen LogP contribution is -2.21. The first-order valence-corrected chi connectivity index (χ1v) is 12.8. The fourth-order valence-corrected chi connectivity index (χ4v) is 6.54. The van der Waals surface area contributed by atoms with Gasteiger partial charge in [0.15, 0.2) is 0 Å². The van der Waals surface area contributed by atoms with Crippen molar-refractivity contribution in [2.24, 2.45) is 0 Å². The second-order valence-corrected chi connectivity index (χ2v) is 10.1. The van der Waals surface area contributed by atoms with Gasteiger partial charge in [-0.2, -0.15) is 0 Å². The molecule has 26 heavy (non-hydrogen) atoms. The van der Waals surface area contributed by atoms with Crippen molar-refractivity contribution in [1.29, 1.82) is 0 Å². The summed E-state index contributed by atoms with van der Waals surface area (Å²) in [7, 11) is -3.48. The Bertz CT molecular complexity index is 356. The minimum Gasteiger partial charge on any atom is -0.284 e. The van der Waals surface area contributed by atoms with E-state index in [0.717, 1.165) is 77.0 Å². The van der Waals surface area contributed by atoms with Crippen molar-refractivity contribution >= 4 is 7.82 Å². The molecular formula is C21H39O4P. The molecule has 0 aliphatic heterocycles. The van der Waals surface area contributed by atoms with Crippen LogP contribution in [0.15, 0.2) is 0 Å². The van der Waals surface area contributed by atoms with Gasteiger partial charge in [-0.25, -0.2) is 4.57 Å². The molecule has 152 valence electrons. The third kappa shape index (κ3) is 7.26. The molecule has 0 spiro atoms. The molecule has 5 heteroatoms. The van der Waals surface area contributed by atoms with Gasteiger partial charge in [0, 0.05) is 0 Å². The normalized spacial score (nSPS) is 26.2. The van der Waals surface area contributed by atoms with E-state index in [0.29, 0.717) is 0 Å².